The summed E-state index contributed by atoms with van der Waals surface area (Å²) in [5.74, 6) is 10.7. The highest BCUT2D eigenvalue weighted by Gasteiger charge is 2.20. The first-order valence-corrected chi connectivity index (χ1v) is 9.95. The Hall–Kier alpha value is -3.99. The molecule has 5 heteroatoms. The molecule has 4 aromatic carbocycles. The summed E-state index contributed by atoms with van der Waals surface area (Å²) in [6.07, 6.45) is 0. The molecule has 4 rings (SSSR count). The van der Waals surface area contributed by atoms with Gasteiger partial charge in [-0.1, -0.05) is 85.6 Å². The van der Waals surface area contributed by atoms with Crippen molar-refractivity contribution in [3.05, 3.63) is 112 Å². The predicted octanol–water partition coefficient (Wildman–Crippen LogP) is 4.59. The molecule has 0 fully saturated rings. The van der Waals surface area contributed by atoms with Crippen molar-refractivity contribution in [1.29, 1.82) is 0 Å². The fourth-order valence-corrected chi connectivity index (χ4v) is 3.02. The third-order valence-electron chi connectivity index (χ3n) is 4.39. The van der Waals surface area contributed by atoms with E-state index in [4.69, 9.17) is 11.6 Å². The normalized spacial score (nSPS) is 8.97. The van der Waals surface area contributed by atoms with E-state index >= 15 is 0 Å². The van der Waals surface area contributed by atoms with Crippen molar-refractivity contribution in [3.8, 4) is 45.9 Å². The Morgan fingerprint density at radius 3 is 1.39 bits per heavy atom. The van der Waals surface area contributed by atoms with Crippen LogP contribution in [0.5, 0.6) is 0 Å². The first-order chi connectivity index (χ1) is 15.4. The smallest absolute Gasteiger partial charge is 0.245 e. The lowest BCUT2D eigenvalue weighted by Crippen LogP contribution is -2.36. The van der Waals surface area contributed by atoms with Gasteiger partial charge in [-0.25, -0.2) is 0 Å². The molecule has 0 amide bonds. The molecule has 0 atom stereocenters. The highest BCUT2D eigenvalue weighted by molar-refractivity contribution is 6.34. The Kier molecular flexibility index (Phi) is 10.5. The molecule has 0 bridgehead atoms. The fourth-order valence-electron chi connectivity index (χ4n) is 2.74. The lowest BCUT2D eigenvalue weighted by Gasteiger charge is -2.05. The van der Waals surface area contributed by atoms with E-state index in [0.29, 0.717) is 22.3 Å². The van der Waals surface area contributed by atoms with Crippen LogP contribution < -0.4 is 21.7 Å². The standard InChI is InChI=1S/C13H8O2.C10H5ClO2.C4H6.CH4/c1-2-6-10-11(13(15)12(10)14)9-7-4-3-5-8-9;11-8-7(9(12)10(8)13)6-4-2-1-3-5-6;1-3-4-2;/h3-5,7-8H,1H3;1-5H;1-2H3;1H4. The lowest BCUT2D eigenvalue weighted by atomic mass is 9.94. The van der Waals surface area contributed by atoms with Crippen LogP contribution in [-0.4, -0.2) is 0 Å². The second-order valence-corrected chi connectivity index (χ2v) is 6.74. The maximum atomic E-state index is 11.4. The molecule has 4 aromatic rings. The number of halogens is 1. The maximum absolute atomic E-state index is 11.4. The predicted molar refractivity (Wildman–Crippen MR) is 137 cm³/mol. The first-order valence-electron chi connectivity index (χ1n) is 9.58. The molecule has 0 saturated heterocycles. The second-order valence-electron chi connectivity index (χ2n) is 6.36. The molecule has 0 aliphatic rings. The van der Waals surface area contributed by atoms with E-state index in [-0.39, 0.29) is 12.4 Å². The van der Waals surface area contributed by atoms with Crippen LogP contribution >= 0.6 is 11.6 Å². The van der Waals surface area contributed by atoms with Gasteiger partial charge < -0.3 is 0 Å². The molecule has 166 valence electrons. The Morgan fingerprint density at radius 2 is 1.00 bits per heavy atom. The van der Waals surface area contributed by atoms with E-state index in [9.17, 15) is 19.2 Å². The van der Waals surface area contributed by atoms with Gasteiger partial charge in [0.2, 0.25) is 21.7 Å². The van der Waals surface area contributed by atoms with E-state index in [1.54, 1.807) is 43.3 Å². The molecule has 0 unspecified atom stereocenters. The Morgan fingerprint density at radius 1 is 0.576 bits per heavy atom. The molecule has 4 nitrogen and oxygen atoms in total. The molecule has 0 saturated carbocycles. The summed E-state index contributed by atoms with van der Waals surface area (Å²) in [5.41, 5.74) is 0.631. The van der Waals surface area contributed by atoms with Gasteiger partial charge in [-0.15, -0.1) is 17.8 Å². The molecular formula is C28H23ClO4. The molecular weight excluding hydrogens is 436 g/mol. The van der Waals surface area contributed by atoms with Crippen molar-refractivity contribution in [2.45, 2.75) is 28.2 Å². The largest absolute Gasteiger partial charge is 0.285 e. The average Bonchev–Trinajstić information content (AvgIpc) is 2.85. The minimum absolute atomic E-state index is 0. The topological polar surface area (TPSA) is 68.3 Å². The number of hydrogen-bond donors (Lipinski definition) is 0. The Labute approximate surface area is 197 Å². The van der Waals surface area contributed by atoms with Crippen LogP contribution in [0.25, 0.3) is 22.3 Å². The SMILES string of the molecule is C.CC#CC.CC#Cc1c(-c2ccccc2)c(=O)c1=O.O=c1c(Cl)c(-c2ccccc2)c1=O. The number of hydrogen-bond acceptors (Lipinski definition) is 4. The van der Waals surface area contributed by atoms with E-state index in [2.05, 4.69) is 23.7 Å². The minimum Gasteiger partial charge on any atom is -0.285 e. The molecule has 0 aliphatic carbocycles. The number of benzene rings is 2. The van der Waals surface area contributed by atoms with Gasteiger partial charge in [0, 0.05) is 0 Å². The van der Waals surface area contributed by atoms with Gasteiger partial charge in [0.1, 0.15) is 5.02 Å². The summed E-state index contributed by atoms with van der Waals surface area (Å²) >= 11 is 5.60. The molecule has 0 spiro atoms. The zero-order valence-corrected chi connectivity index (χ0v) is 18.5. The van der Waals surface area contributed by atoms with Gasteiger partial charge in [-0.05, 0) is 31.9 Å². The van der Waals surface area contributed by atoms with E-state index in [0.717, 1.165) is 5.56 Å². The molecule has 33 heavy (non-hydrogen) atoms. The summed E-state index contributed by atoms with van der Waals surface area (Å²) < 4.78 is 0. The maximum Gasteiger partial charge on any atom is 0.245 e. The van der Waals surface area contributed by atoms with Crippen molar-refractivity contribution in [2.24, 2.45) is 0 Å². The molecule has 0 heterocycles. The summed E-state index contributed by atoms with van der Waals surface area (Å²) in [5, 5.41) is 0.0520. The minimum atomic E-state index is -0.583. The molecule has 0 radical (unpaired) electrons. The second kappa shape index (κ2) is 12.8. The van der Waals surface area contributed by atoms with Gasteiger partial charge in [-0.2, -0.15) is 0 Å². The quantitative estimate of drug-likeness (QED) is 0.325. The van der Waals surface area contributed by atoms with Gasteiger partial charge in [0.15, 0.2) is 0 Å². The van der Waals surface area contributed by atoms with Crippen molar-refractivity contribution in [1.82, 2.24) is 0 Å². The highest BCUT2D eigenvalue weighted by atomic mass is 35.5. The Bertz CT molecular complexity index is 1470. The summed E-state index contributed by atoms with van der Waals surface area (Å²) in [4.78, 5) is 44.5. The van der Waals surface area contributed by atoms with Crippen LogP contribution in [0.3, 0.4) is 0 Å². The average molecular weight is 459 g/mol. The van der Waals surface area contributed by atoms with Crippen molar-refractivity contribution < 1.29 is 0 Å². The van der Waals surface area contributed by atoms with Crippen LogP contribution in [0.15, 0.2) is 79.8 Å². The first kappa shape index (κ1) is 27.0. The third-order valence-corrected chi connectivity index (χ3v) is 4.75. The van der Waals surface area contributed by atoms with Crippen molar-refractivity contribution in [3.63, 3.8) is 0 Å². The van der Waals surface area contributed by atoms with Crippen LogP contribution in [-0.2, 0) is 0 Å². The third kappa shape index (κ3) is 6.04. The number of rotatable bonds is 2. The molecule has 0 N–H and O–H groups in total. The summed E-state index contributed by atoms with van der Waals surface area (Å²) in [6.45, 7) is 5.28. The van der Waals surface area contributed by atoms with E-state index < -0.39 is 21.7 Å². The zero-order chi connectivity index (χ0) is 23.7. The van der Waals surface area contributed by atoms with Gasteiger partial charge >= 0.3 is 0 Å². The van der Waals surface area contributed by atoms with Gasteiger partial charge in [0.05, 0.1) is 16.7 Å². The van der Waals surface area contributed by atoms with Crippen molar-refractivity contribution in [2.75, 3.05) is 0 Å². The zero-order valence-electron chi connectivity index (χ0n) is 17.8. The van der Waals surface area contributed by atoms with Crippen LogP contribution in [0.4, 0.5) is 0 Å². The summed E-state index contributed by atoms with van der Waals surface area (Å²) in [7, 11) is 0. The van der Waals surface area contributed by atoms with Crippen molar-refractivity contribution >= 4 is 11.6 Å². The van der Waals surface area contributed by atoms with Crippen LogP contribution in [0.1, 0.15) is 33.8 Å². The van der Waals surface area contributed by atoms with Crippen LogP contribution in [0.2, 0.25) is 5.02 Å². The lowest BCUT2D eigenvalue weighted by molar-refractivity contribution is 1.37. The molecule has 0 aromatic heterocycles. The van der Waals surface area contributed by atoms with Gasteiger partial charge in [-0.3, -0.25) is 19.2 Å². The van der Waals surface area contributed by atoms with E-state index in [1.165, 1.54) is 0 Å². The summed E-state index contributed by atoms with van der Waals surface area (Å²) in [6, 6.07) is 18.1. The highest BCUT2D eigenvalue weighted by Crippen LogP contribution is 2.22. The molecule has 0 aliphatic heterocycles. The Balaban J connectivity index is 0.000000279. The fraction of sp³-hybridized carbons (Fsp3) is 0.143. The van der Waals surface area contributed by atoms with E-state index in [1.807, 2.05) is 38.1 Å². The monoisotopic (exact) mass is 458 g/mol. The van der Waals surface area contributed by atoms with Gasteiger partial charge in [0.25, 0.3) is 0 Å². The van der Waals surface area contributed by atoms with Crippen LogP contribution in [0, 0.1) is 23.7 Å².